The minimum Gasteiger partial charge on any atom is -0.253 e. The van der Waals surface area contributed by atoms with Crippen molar-refractivity contribution in [2.24, 2.45) is 0 Å². The van der Waals surface area contributed by atoms with E-state index in [9.17, 15) is 0 Å². The van der Waals surface area contributed by atoms with Crippen LogP contribution in [-0.2, 0) is 19.4 Å². The minimum atomic E-state index is 0.886. The first-order valence-corrected chi connectivity index (χ1v) is 5.72. The molecule has 1 heterocycles. The van der Waals surface area contributed by atoms with Gasteiger partial charge in [-0.1, -0.05) is 35.0 Å². The molecule has 0 N–H and O–H groups in total. The second-order valence-corrected chi connectivity index (χ2v) is 4.05. The van der Waals surface area contributed by atoms with Gasteiger partial charge in [0.05, 0.1) is 5.69 Å². The number of hydrogen-bond acceptors (Lipinski definition) is 2. The fourth-order valence-electron chi connectivity index (χ4n) is 1.63. The molecule has 1 aromatic heterocycles. The van der Waals surface area contributed by atoms with Gasteiger partial charge in [0.1, 0.15) is 0 Å². The van der Waals surface area contributed by atoms with Crippen LogP contribution in [0.1, 0.15) is 23.7 Å². The van der Waals surface area contributed by atoms with Gasteiger partial charge in [0, 0.05) is 12.7 Å². The molecular weight excluding hydrogens is 198 g/mol. The molecule has 0 saturated heterocycles. The summed E-state index contributed by atoms with van der Waals surface area (Å²) >= 11 is 0. The maximum Gasteiger partial charge on any atom is 0.0830 e. The van der Waals surface area contributed by atoms with Gasteiger partial charge >= 0.3 is 0 Å². The SMILES string of the molecule is CCn1cc(CCc2ccc(C)cc2)nn1. The van der Waals surface area contributed by atoms with Crippen molar-refractivity contribution in [2.75, 3.05) is 0 Å². The van der Waals surface area contributed by atoms with Crippen molar-refractivity contribution in [1.82, 2.24) is 15.0 Å². The van der Waals surface area contributed by atoms with Gasteiger partial charge in [-0.3, -0.25) is 4.68 Å². The molecule has 0 atom stereocenters. The lowest BCUT2D eigenvalue weighted by Gasteiger charge is -1.99. The molecular formula is C13H17N3. The molecule has 16 heavy (non-hydrogen) atoms. The number of hydrogen-bond donors (Lipinski definition) is 0. The smallest absolute Gasteiger partial charge is 0.0830 e. The highest BCUT2D eigenvalue weighted by atomic mass is 15.4. The molecule has 1 aromatic carbocycles. The molecule has 0 saturated carbocycles. The van der Waals surface area contributed by atoms with Crippen LogP contribution in [0.25, 0.3) is 0 Å². The van der Waals surface area contributed by atoms with E-state index in [1.54, 1.807) is 0 Å². The van der Waals surface area contributed by atoms with Crippen molar-refractivity contribution in [3.05, 3.63) is 47.3 Å². The number of rotatable bonds is 4. The van der Waals surface area contributed by atoms with E-state index in [0.717, 1.165) is 25.1 Å². The first kappa shape index (κ1) is 10.9. The first-order valence-electron chi connectivity index (χ1n) is 5.72. The molecule has 0 aliphatic carbocycles. The Hall–Kier alpha value is -1.64. The summed E-state index contributed by atoms with van der Waals surface area (Å²) in [5.41, 5.74) is 3.74. The zero-order valence-corrected chi connectivity index (χ0v) is 9.85. The predicted molar refractivity (Wildman–Crippen MR) is 64.3 cm³/mol. The molecule has 0 aliphatic rings. The van der Waals surface area contributed by atoms with Gasteiger partial charge in [-0.15, -0.1) is 5.10 Å². The lowest BCUT2D eigenvalue weighted by molar-refractivity contribution is 0.626. The van der Waals surface area contributed by atoms with E-state index in [2.05, 4.69) is 48.4 Å². The molecule has 3 nitrogen and oxygen atoms in total. The van der Waals surface area contributed by atoms with Gasteiger partial charge in [0.25, 0.3) is 0 Å². The molecule has 0 aliphatic heterocycles. The predicted octanol–water partition coefficient (Wildman–Crippen LogP) is 2.39. The molecule has 2 aromatic rings. The lowest BCUT2D eigenvalue weighted by atomic mass is 10.1. The summed E-state index contributed by atoms with van der Waals surface area (Å²) in [5, 5.41) is 8.16. The Balaban J connectivity index is 1.94. The zero-order chi connectivity index (χ0) is 11.4. The van der Waals surface area contributed by atoms with E-state index in [1.807, 2.05) is 10.9 Å². The lowest BCUT2D eigenvalue weighted by Crippen LogP contribution is -1.93. The largest absolute Gasteiger partial charge is 0.253 e. The van der Waals surface area contributed by atoms with Crippen LogP contribution in [0.3, 0.4) is 0 Å². The van der Waals surface area contributed by atoms with E-state index in [1.165, 1.54) is 11.1 Å². The van der Waals surface area contributed by atoms with Crippen LogP contribution in [0, 0.1) is 6.92 Å². The summed E-state index contributed by atoms with van der Waals surface area (Å²) in [7, 11) is 0. The van der Waals surface area contributed by atoms with Crippen LogP contribution in [0.2, 0.25) is 0 Å². The van der Waals surface area contributed by atoms with Crippen LogP contribution in [0.4, 0.5) is 0 Å². The van der Waals surface area contributed by atoms with Gasteiger partial charge in [-0.25, -0.2) is 0 Å². The summed E-state index contributed by atoms with van der Waals surface area (Å²) in [6.07, 6.45) is 4.01. The average Bonchev–Trinajstić information content (AvgIpc) is 2.76. The van der Waals surface area contributed by atoms with Crippen molar-refractivity contribution >= 4 is 0 Å². The summed E-state index contributed by atoms with van der Waals surface area (Å²) in [4.78, 5) is 0. The Kier molecular flexibility index (Phi) is 3.34. The molecule has 0 spiro atoms. The fourth-order valence-corrected chi connectivity index (χ4v) is 1.63. The summed E-state index contributed by atoms with van der Waals surface area (Å²) in [6.45, 7) is 5.06. The van der Waals surface area contributed by atoms with E-state index >= 15 is 0 Å². The molecule has 2 rings (SSSR count). The summed E-state index contributed by atoms with van der Waals surface area (Å²) in [5.74, 6) is 0. The Labute approximate surface area is 96.1 Å². The highest BCUT2D eigenvalue weighted by molar-refractivity contribution is 5.21. The van der Waals surface area contributed by atoms with Gasteiger partial charge in [-0.05, 0) is 32.3 Å². The molecule has 3 heteroatoms. The first-order chi connectivity index (χ1) is 7.78. The third kappa shape index (κ3) is 2.69. The zero-order valence-electron chi connectivity index (χ0n) is 9.85. The van der Waals surface area contributed by atoms with Gasteiger partial charge in [0.15, 0.2) is 0 Å². The van der Waals surface area contributed by atoms with Crippen LogP contribution >= 0.6 is 0 Å². The molecule has 0 fully saturated rings. The van der Waals surface area contributed by atoms with Crippen LogP contribution < -0.4 is 0 Å². The number of benzene rings is 1. The topological polar surface area (TPSA) is 30.7 Å². The molecule has 0 radical (unpaired) electrons. The highest BCUT2D eigenvalue weighted by Gasteiger charge is 2.00. The normalized spacial score (nSPS) is 10.6. The van der Waals surface area contributed by atoms with Crippen LogP contribution in [0.5, 0.6) is 0 Å². The Bertz CT molecular complexity index is 442. The van der Waals surface area contributed by atoms with Crippen molar-refractivity contribution in [3.63, 3.8) is 0 Å². The third-order valence-corrected chi connectivity index (χ3v) is 2.70. The molecule has 84 valence electrons. The highest BCUT2D eigenvalue weighted by Crippen LogP contribution is 2.06. The monoisotopic (exact) mass is 215 g/mol. The maximum atomic E-state index is 4.13. The third-order valence-electron chi connectivity index (χ3n) is 2.70. The second-order valence-electron chi connectivity index (χ2n) is 4.05. The number of aryl methyl sites for hydroxylation is 4. The maximum absolute atomic E-state index is 4.13. The van der Waals surface area contributed by atoms with Gasteiger partial charge < -0.3 is 0 Å². The van der Waals surface area contributed by atoms with Crippen LogP contribution in [-0.4, -0.2) is 15.0 Å². The van der Waals surface area contributed by atoms with E-state index in [4.69, 9.17) is 0 Å². The van der Waals surface area contributed by atoms with Gasteiger partial charge in [0.2, 0.25) is 0 Å². The minimum absolute atomic E-state index is 0.886. The van der Waals surface area contributed by atoms with E-state index < -0.39 is 0 Å². The Morgan fingerprint density at radius 3 is 2.50 bits per heavy atom. The Morgan fingerprint density at radius 1 is 1.12 bits per heavy atom. The molecule has 0 unspecified atom stereocenters. The quantitative estimate of drug-likeness (QED) is 0.784. The standard InChI is InChI=1S/C13H17N3/c1-3-16-10-13(14-15-16)9-8-12-6-4-11(2)5-7-12/h4-7,10H,3,8-9H2,1-2H3. The van der Waals surface area contributed by atoms with Crippen LogP contribution in [0.15, 0.2) is 30.5 Å². The fraction of sp³-hybridized carbons (Fsp3) is 0.385. The van der Waals surface area contributed by atoms with Crippen molar-refractivity contribution in [3.8, 4) is 0 Å². The number of nitrogens with zero attached hydrogens (tertiary/aromatic N) is 3. The summed E-state index contributed by atoms with van der Waals surface area (Å²) < 4.78 is 1.87. The van der Waals surface area contributed by atoms with E-state index in [0.29, 0.717) is 0 Å². The average molecular weight is 215 g/mol. The molecule has 0 bridgehead atoms. The summed E-state index contributed by atoms with van der Waals surface area (Å²) in [6, 6.07) is 8.66. The van der Waals surface area contributed by atoms with E-state index in [-0.39, 0.29) is 0 Å². The second kappa shape index (κ2) is 4.92. The van der Waals surface area contributed by atoms with Gasteiger partial charge in [-0.2, -0.15) is 0 Å². The number of aromatic nitrogens is 3. The van der Waals surface area contributed by atoms with Crippen molar-refractivity contribution < 1.29 is 0 Å². The van der Waals surface area contributed by atoms with Crippen molar-refractivity contribution in [1.29, 1.82) is 0 Å². The molecule has 0 amide bonds. The Morgan fingerprint density at radius 2 is 1.88 bits per heavy atom. The van der Waals surface area contributed by atoms with Crippen molar-refractivity contribution in [2.45, 2.75) is 33.2 Å².